The van der Waals surface area contributed by atoms with Gasteiger partial charge in [0, 0.05) is 36.4 Å². The van der Waals surface area contributed by atoms with Crippen LogP contribution in [0, 0.1) is 0 Å². The number of carbonyl (C=O) groups is 1. The van der Waals surface area contributed by atoms with E-state index in [1.54, 1.807) is 12.1 Å². The summed E-state index contributed by atoms with van der Waals surface area (Å²) in [6, 6.07) is 17.5. The van der Waals surface area contributed by atoms with Gasteiger partial charge in [-0.25, -0.2) is 4.79 Å². The van der Waals surface area contributed by atoms with Crippen molar-refractivity contribution in [3.8, 4) is 0 Å². The number of amides is 2. The lowest BCUT2D eigenvalue weighted by atomic mass is 10.2. The Morgan fingerprint density at radius 2 is 2.00 bits per heavy atom. The molecule has 1 saturated heterocycles. The number of nitrogens with zero attached hydrogens (tertiary/aromatic N) is 1. The smallest absolute Gasteiger partial charge is 0.319 e. The van der Waals surface area contributed by atoms with Crippen LogP contribution < -0.4 is 10.6 Å². The zero-order valence-corrected chi connectivity index (χ0v) is 13.6. The van der Waals surface area contributed by atoms with Gasteiger partial charge in [-0.2, -0.15) is 0 Å². The SMILES string of the molecule is O=C(Nc1cccc(Cl)c1)N[C@H]1CCN(Cc2ccccc2)C1. The molecule has 1 fully saturated rings. The zero-order valence-electron chi connectivity index (χ0n) is 12.8. The van der Waals surface area contributed by atoms with E-state index in [9.17, 15) is 4.79 Å². The molecule has 120 valence electrons. The molecule has 0 aliphatic carbocycles. The van der Waals surface area contributed by atoms with Gasteiger partial charge in [-0.15, -0.1) is 0 Å². The molecule has 0 bridgehead atoms. The first-order valence-corrected chi connectivity index (χ1v) is 8.16. The Kier molecular flexibility index (Phi) is 5.16. The molecular formula is C18H20ClN3O. The molecule has 4 nitrogen and oxygen atoms in total. The zero-order chi connectivity index (χ0) is 16.1. The van der Waals surface area contributed by atoms with Crippen molar-refractivity contribution in [2.45, 2.75) is 19.0 Å². The summed E-state index contributed by atoms with van der Waals surface area (Å²) < 4.78 is 0. The molecule has 0 spiro atoms. The largest absolute Gasteiger partial charge is 0.334 e. The number of nitrogens with one attached hydrogen (secondary N) is 2. The molecule has 1 atom stereocenters. The van der Waals surface area contributed by atoms with Crippen LogP contribution in [-0.2, 0) is 6.54 Å². The molecule has 23 heavy (non-hydrogen) atoms. The van der Waals surface area contributed by atoms with Gasteiger partial charge in [-0.1, -0.05) is 48.0 Å². The van der Waals surface area contributed by atoms with Crippen molar-refractivity contribution in [3.63, 3.8) is 0 Å². The van der Waals surface area contributed by atoms with Crippen LogP contribution in [0.3, 0.4) is 0 Å². The monoisotopic (exact) mass is 329 g/mol. The summed E-state index contributed by atoms with van der Waals surface area (Å²) in [5.41, 5.74) is 2.01. The lowest BCUT2D eigenvalue weighted by Gasteiger charge is -2.17. The van der Waals surface area contributed by atoms with E-state index >= 15 is 0 Å². The van der Waals surface area contributed by atoms with Crippen molar-refractivity contribution < 1.29 is 4.79 Å². The van der Waals surface area contributed by atoms with Gasteiger partial charge in [-0.3, -0.25) is 4.90 Å². The minimum absolute atomic E-state index is 0.179. The summed E-state index contributed by atoms with van der Waals surface area (Å²) in [5.74, 6) is 0. The first-order chi connectivity index (χ1) is 11.2. The molecule has 1 aliphatic rings. The fourth-order valence-electron chi connectivity index (χ4n) is 2.85. The Labute approximate surface area is 141 Å². The molecule has 1 aliphatic heterocycles. The minimum Gasteiger partial charge on any atom is -0.334 e. The Balaban J connectivity index is 1.47. The summed E-state index contributed by atoms with van der Waals surface area (Å²) in [6.07, 6.45) is 0.968. The van der Waals surface area contributed by atoms with Crippen LogP contribution in [0.2, 0.25) is 5.02 Å². The maximum atomic E-state index is 12.1. The van der Waals surface area contributed by atoms with Crippen molar-refractivity contribution in [2.24, 2.45) is 0 Å². The van der Waals surface area contributed by atoms with Crippen molar-refractivity contribution in [2.75, 3.05) is 18.4 Å². The third-order valence-corrected chi connectivity index (χ3v) is 4.17. The summed E-state index contributed by atoms with van der Waals surface area (Å²) in [7, 11) is 0. The van der Waals surface area contributed by atoms with E-state index in [1.807, 2.05) is 18.2 Å². The first kappa shape index (κ1) is 15.8. The predicted octanol–water partition coefficient (Wildman–Crippen LogP) is 3.74. The number of rotatable bonds is 4. The fraction of sp³-hybridized carbons (Fsp3) is 0.278. The van der Waals surface area contributed by atoms with Crippen LogP contribution in [0.4, 0.5) is 10.5 Å². The average molecular weight is 330 g/mol. The van der Waals surface area contributed by atoms with Gasteiger partial charge in [0.25, 0.3) is 0 Å². The maximum absolute atomic E-state index is 12.1. The van der Waals surface area contributed by atoms with Gasteiger partial charge >= 0.3 is 6.03 Å². The summed E-state index contributed by atoms with van der Waals surface area (Å²) in [5, 5.41) is 6.46. The molecule has 0 radical (unpaired) electrons. The highest BCUT2D eigenvalue weighted by Crippen LogP contribution is 2.16. The molecule has 2 aromatic rings. The first-order valence-electron chi connectivity index (χ1n) is 7.78. The molecule has 1 heterocycles. The highest BCUT2D eigenvalue weighted by atomic mass is 35.5. The Bertz CT molecular complexity index is 662. The Morgan fingerprint density at radius 1 is 1.17 bits per heavy atom. The number of halogens is 1. The average Bonchev–Trinajstić information content (AvgIpc) is 2.95. The van der Waals surface area contributed by atoms with Crippen LogP contribution in [0.25, 0.3) is 0 Å². The van der Waals surface area contributed by atoms with Gasteiger partial charge in [0.05, 0.1) is 0 Å². The summed E-state index contributed by atoms with van der Waals surface area (Å²) in [6.45, 7) is 2.80. The van der Waals surface area contributed by atoms with E-state index in [4.69, 9.17) is 11.6 Å². The molecule has 0 unspecified atom stereocenters. The van der Waals surface area contributed by atoms with E-state index in [-0.39, 0.29) is 12.1 Å². The fourth-order valence-corrected chi connectivity index (χ4v) is 3.04. The molecule has 0 saturated carbocycles. The van der Waals surface area contributed by atoms with Crippen LogP contribution >= 0.6 is 11.6 Å². The Hall–Kier alpha value is -2.04. The lowest BCUT2D eigenvalue weighted by molar-refractivity contribution is 0.247. The number of likely N-dealkylation sites (tertiary alicyclic amines) is 1. The van der Waals surface area contributed by atoms with E-state index < -0.39 is 0 Å². The van der Waals surface area contributed by atoms with E-state index in [0.717, 1.165) is 26.1 Å². The molecule has 5 heteroatoms. The van der Waals surface area contributed by atoms with Crippen LogP contribution in [0.5, 0.6) is 0 Å². The van der Waals surface area contributed by atoms with Crippen molar-refractivity contribution in [1.29, 1.82) is 0 Å². The van der Waals surface area contributed by atoms with Gasteiger partial charge in [-0.05, 0) is 30.2 Å². The molecule has 2 N–H and O–H groups in total. The second-order valence-corrected chi connectivity index (χ2v) is 6.25. The second kappa shape index (κ2) is 7.49. The maximum Gasteiger partial charge on any atom is 0.319 e. The van der Waals surface area contributed by atoms with Crippen LogP contribution in [-0.4, -0.2) is 30.1 Å². The minimum atomic E-state index is -0.182. The van der Waals surface area contributed by atoms with Gasteiger partial charge < -0.3 is 10.6 Å². The molecule has 0 aromatic heterocycles. The summed E-state index contributed by atoms with van der Waals surface area (Å²) >= 11 is 5.92. The van der Waals surface area contributed by atoms with Gasteiger partial charge in [0.15, 0.2) is 0 Å². The standard InChI is InChI=1S/C18H20ClN3O/c19-15-7-4-8-16(11-15)20-18(23)21-17-9-10-22(13-17)12-14-5-2-1-3-6-14/h1-8,11,17H,9-10,12-13H2,(H2,20,21,23)/t17-/m0/s1. The van der Waals surface area contributed by atoms with Gasteiger partial charge in [0.2, 0.25) is 0 Å². The third-order valence-electron chi connectivity index (χ3n) is 3.94. The molecule has 2 aromatic carbocycles. The number of urea groups is 1. The topological polar surface area (TPSA) is 44.4 Å². The van der Waals surface area contributed by atoms with Crippen molar-refractivity contribution in [3.05, 3.63) is 65.2 Å². The predicted molar refractivity (Wildman–Crippen MR) is 93.7 cm³/mol. The number of benzene rings is 2. The second-order valence-electron chi connectivity index (χ2n) is 5.82. The van der Waals surface area contributed by atoms with Gasteiger partial charge in [0.1, 0.15) is 0 Å². The number of anilines is 1. The lowest BCUT2D eigenvalue weighted by Crippen LogP contribution is -2.39. The highest BCUT2D eigenvalue weighted by Gasteiger charge is 2.23. The van der Waals surface area contributed by atoms with Crippen LogP contribution in [0.1, 0.15) is 12.0 Å². The van der Waals surface area contributed by atoms with E-state index in [0.29, 0.717) is 10.7 Å². The number of hydrogen-bond donors (Lipinski definition) is 2. The normalized spacial score (nSPS) is 17.9. The van der Waals surface area contributed by atoms with Crippen molar-refractivity contribution >= 4 is 23.3 Å². The quantitative estimate of drug-likeness (QED) is 0.897. The number of carbonyl (C=O) groups excluding carboxylic acids is 1. The number of hydrogen-bond acceptors (Lipinski definition) is 2. The highest BCUT2D eigenvalue weighted by molar-refractivity contribution is 6.30. The van der Waals surface area contributed by atoms with E-state index in [1.165, 1.54) is 5.56 Å². The summed E-state index contributed by atoms with van der Waals surface area (Å²) in [4.78, 5) is 14.4. The third kappa shape index (κ3) is 4.71. The molecular weight excluding hydrogens is 310 g/mol. The van der Waals surface area contributed by atoms with Crippen LogP contribution in [0.15, 0.2) is 54.6 Å². The molecule has 2 amide bonds. The van der Waals surface area contributed by atoms with Crippen molar-refractivity contribution in [1.82, 2.24) is 10.2 Å². The van der Waals surface area contributed by atoms with E-state index in [2.05, 4.69) is 39.8 Å². The Morgan fingerprint density at radius 3 is 2.78 bits per heavy atom. The molecule has 3 rings (SSSR count).